The van der Waals surface area contributed by atoms with Crippen LogP contribution in [0.1, 0.15) is 18.9 Å². The Labute approximate surface area is 92.0 Å². The van der Waals surface area contributed by atoms with Gasteiger partial charge in [0.05, 0.1) is 4.92 Å². The lowest BCUT2D eigenvalue weighted by atomic mass is 10.1. The predicted octanol–water partition coefficient (Wildman–Crippen LogP) is 3.29. The molecule has 1 aromatic carbocycles. The summed E-state index contributed by atoms with van der Waals surface area (Å²) in [5.74, 6) is -0.460. The van der Waals surface area contributed by atoms with Crippen LogP contribution in [0.5, 0.6) is 0 Å². The highest BCUT2D eigenvalue weighted by atomic mass is 35.5. The number of nitro groups is 1. The second kappa shape index (κ2) is 5.07. The van der Waals surface area contributed by atoms with Crippen LogP contribution in [0.15, 0.2) is 18.2 Å². The number of nitro benzene ring substituents is 1. The fourth-order valence-electron chi connectivity index (χ4n) is 1.29. The first-order chi connectivity index (χ1) is 7.00. The van der Waals surface area contributed by atoms with E-state index in [9.17, 15) is 14.5 Å². The van der Waals surface area contributed by atoms with E-state index in [1.807, 2.05) is 0 Å². The van der Waals surface area contributed by atoms with E-state index in [4.69, 9.17) is 11.6 Å². The van der Waals surface area contributed by atoms with Crippen molar-refractivity contribution < 1.29 is 9.31 Å². The van der Waals surface area contributed by atoms with Crippen molar-refractivity contribution in [2.45, 2.75) is 25.1 Å². The van der Waals surface area contributed by atoms with Crippen molar-refractivity contribution in [2.24, 2.45) is 0 Å². The van der Waals surface area contributed by atoms with Gasteiger partial charge in [-0.15, -0.1) is 11.6 Å². The Balaban J connectivity index is 2.92. The highest BCUT2D eigenvalue weighted by Gasteiger charge is 2.14. The first-order valence-corrected chi connectivity index (χ1v) is 5.01. The number of hydrogen-bond donors (Lipinski definition) is 0. The van der Waals surface area contributed by atoms with Crippen LogP contribution >= 0.6 is 11.6 Å². The summed E-state index contributed by atoms with van der Waals surface area (Å²) in [5.41, 5.74) is 0.348. The van der Waals surface area contributed by atoms with Crippen LogP contribution in [0.25, 0.3) is 0 Å². The largest absolute Gasteiger partial charge is 0.272 e. The van der Waals surface area contributed by atoms with Gasteiger partial charge in [0.15, 0.2) is 0 Å². The van der Waals surface area contributed by atoms with Crippen molar-refractivity contribution in [3.05, 3.63) is 39.7 Å². The zero-order valence-corrected chi connectivity index (χ0v) is 9.00. The maximum atomic E-state index is 12.9. The van der Waals surface area contributed by atoms with Crippen molar-refractivity contribution in [3.8, 4) is 0 Å². The van der Waals surface area contributed by atoms with Gasteiger partial charge >= 0.3 is 0 Å². The van der Waals surface area contributed by atoms with Crippen LogP contribution < -0.4 is 0 Å². The van der Waals surface area contributed by atoms with Gasteiger partial charge in [0, 0.05) is 17.0 Å². The van der Waals surface area contributed by atoms with Gasteiger partial charge < -0.3 is 0 Å². The van der Waals surface area contributed by atoms with E-state index in [1.54, 1.807) is 6.92 Å². The Hall–Kier alpha value is -1.16. The summed E-state index contributed by atoms with van der Waals surface area (Å²) >= 11 is 5.74. The topological polar surface area (TPSA) is 43.1 Å². The molecule has 82 valence electrons. The molecular formula is C10H11ClFNO2. The molecule has 1 atom stereocenters. The van der Waals surface area contributed by atoms with Crippen molar-refractivity contribution >= 4 is 17.3 Å². The molecule has 0 aliphatic heterocycles. The van der Waals surface area contributed by atoms with Crippen LogP contribution in [0.4, 0.5) is 10.1 Å². The molecule has 15 heavy (non-hydrogen) atoms. The van der Waals surface area contributed by atoms with Crippen LogP contribution in [0.2, 0.25) is 0 Å². The Morgan fingerprint density at radius 2 is 2.27 bits per heavy atom. The van der Waals surface area contributed by atoms with Crippen LogP contribution in [-0.4, -0.2) is 10.3 Å². The molecule has 0 fully saturated rings. The lowest BCUT2D eigenvalue weighted by Gasteiger charge is -2.04. The van der Waals surface area contributed by atoms with E-state index < -0.39 is 10.7 Å². The van der Waals surface area contributed by atoms with E-state index in [-0.39, 0.29) is 11.1 Å². The highest BCUT2D eigenvalue weighted by Crippen LogP contribution is 2.22. The van der Waals surface area contributed by atoms with Crippen molar-refractivity contribution in [1.82, 2.24) is 0 Å². The van der Waals surface area contributed by atoms with Crippen LogP contribution in [-0.2, 0) is 6.42 Å². The SMILES string of the molecule is CC(Cl)CCc1cc(F)ccc1[N+](=O)[O-]. The summed E-state index contributed by atoms with van der Waals surface area (Å²) in [6.07, 6.45) is 1.00. The number of benzene rings is 1. The lowest BCUT2D eigenvalue weighted by Crippen LogP contribution is -2.00. The van der Waals surface area contributed by atoms with Gasteiger partial charge in [-0.1, -0.05) is 0 Å². The number of hydrogen-bond acceptors (Lipinski definition) is 2. The van der Waals surface area contributed by atoms with E-state index in [0.717, 1.165) is 6.07 Å². The summed E-state index contributed by atoms with van der Waals surface area (Å²) in [5, 5.41) is 10.6. The third-order valence-electron chi connectivity index (χ3n) is 2.05. The zero-order chi connectivity index (χ0) is 11.4. The van der Waals surface area contributed by atoms with Crippen molar-refractivity contribution in [3.63, 3.8) is 0 Å². The Morgan fingerprint density at radius 1 is 1.60 bits per heavy atom. The number of nitrogens with zero attached hydrogens (tertiary/aromatic N) is 1. The van der Waals surface area contributed by atoms with Gasteiger partial charge in [0.25, 0.3) is 5.69 Å². The average Bonchev–Trinajstić information content (AvgIpc) is 2.14. The maximum absolute atomic E-state index is 12.9. The molecule has 0 saturated heterocycles. The predicted molar refractivity (Wildman–Crippen MR) is 56.7 cm³/mol. The summed E-state index contributed by atoms with van der Waals surface area (Å²) < 4.78 is 12.9. The number of alkyl halides is 1. The van der Waals surface area contributed by atoms with Gasteiger partial charge in [-0.3, -0.25) is 10.1 Å². The molecule has 0 N–H and O–H groups in total. The second-order valence-electron chi connectivity index (χ2n) is 3.35. The average molecular weight is 232 g/mol. The van der Waals surface area contributed by atoms with Crippen LogP contribution in [0.3, 0.4) is 0 Å². The molecular weight excluding hydrogens is 221 g/mol. The summed E-state index contributed by atoms with van der Waals surface area (Å²) in [7, 11) is 0. The van der Waals surface area contributed by atoms with Gasteiger partial charge in [0.2, 0.25) is 0 Å². The molecule has 3 nitrogen and oxygen atoms in total. The minimum atomic E-state index is -0.506. The second-order valence-corrected chi connectivity index (χ2v) is 4.09. The third kappa shape index (κ3) is 3.47. The Kier molecular flexibility index (Phi) is 4.03. The van der Waals surface area contributed by atoms with Crippen LogP contribution in [0, 0.1) is 15.9 Å². The minimum absolute atomic E-state index is 0.0475. The van der Waals surface area contributed by atoms with Gasteiger partial charge in [0.1, 0.15) is 5.82 Å². The molecule has 0 aliphatic rings. The maximum Gasteiger partial charge on any atom is 0.272 e. The lowest BCUT2D eigenvalue weighted by molar-refractivity contribution is -0.385. The molecule has 0 aromatic heterocycles. The van der Waals surface area contributed by atoms with E-state index in [1.165, 1.54) is 12.1 Å². The van der Waals surface area contributed by atoms with Gasteiger partial charge in [-0.2, -0.15) is 0 Å². The molecule has 0 amide bonds. The fraction of sp³-hybridized carbons (Fsp3) is 0.400. The number of halogens is 2. The Bertz CT molecular complexity index is 368. The van der Waals surface area contributed by atoms with Gasteiger partial charge in [-0.05, 0) is 31.9 Å². The molecule has 0 bridgehead atoms. The number of rotatable bonds is 4. The van der Waals surface area contributed by atoms with E-state index >= 15 is 0 Å². The number of aryl methyl sites for hydroxylation is 1. The van der Waals surface area contributed by atoms with Crippen molar-refractivity contribution in [2.75, 3.05) is 0 Å². The molecule has 1 aromatic rings. The molecule has 0 saturated carbocycles. The highest BCUT2D eigenvalue weighted by molar-refractivity contribution is 6.20. The fourth-order valence-corrected chi connectivity index (χ4v) is 1.40. The minimum Gasteiger partial charge on any atom is -0.258 e. The molecule has 1 unspecified atom stereocenters. The summed E-state index contributed by atoms with van der Waals surface area (Å²) in [6.45, 7) is 1.80. The molecule has 0 heterocycles. The van der Waals surface area contributed by atoms with Gasteiger partial charge in [-0.25, -0.2) is 4.39 Å². The monoisotopic (exact) mass is 231 g/mol. The zero-order valence-electron chi connectivity index (χ0n) is 8.24. The third-order valence-corrected chi connectivity index (χ3v) is 2.27. The molecule has 1 rings (SSSR count). The summed E-state index contributed by atoms with van der Waals surface area (Å²) in [6, 6.07) is 3.47. The molecule has 0 spiro atoms. The Morgan fingerprint density at radius 3 is 2.80 bits per heavy atom. The molecule has 5 heteroatoms. The smallest absolute Gasteiger partial charge is 0.258 e. The molecule has 0 radical (unpaired) electrons. The first kappa shape index (κ1) is 11.9. The van der Waals surface area contributed by atoms with E-state index in [0.29, 0.717) is 18.4 Å². The standard InChI is InChI=1S/C10H11ClFNO2/c1-7(11)2-3-8-6-9(12)4-5-10(8)13(14)15/h4-7H,2-3H2,1H3. The van der Waals surface area contributed by atoms with Crippen molar-refractivity contribution in [1.29, 1.82) is 0 Å². The van der Waals surface area contributed by atoms with E-state index in [2.05, 4.69) is 0 Å². The summed E-state index contributed by atoms with van der Waals surface area (Å²) in [4.78, 5) is 10.1. The quantitative estimate of drug-likeness (QED) is 0.453. The molecule has 0 aliphatic carbocycles. The first-order valence-electron chi connectivity index (χ1n) is 4.57. The normalized spacial score (nSPS) is 12.5.